The zero-order chi connectivity index (χ0) is 14.4. The van der Waals surface area contributed by atoms with E-state index in [1.807, 2.05) is 0 Å². The molecule has 3 nitrogen and oxygen atoms in total. The first-order valence-electron chi connectivity index (χ1n) is 5.71. The van der Waals surface area contributed by atoms with Gasteiger partial charge >= 0.3 is 6.09 Å². The smallest absolute Gasteiger partial charge is 0.416 e. The molecule has 0 bridgehead atoms. The maximum absolute atomic E-state index is 12.1. The van der Waals surface area contributed by atoms with Gasteiger partial charge < -0.3 is 4.74 Å². The van der Waals surface area contributed by atoms with Crippen molar-refractivity contribution in [2.45, 2.75) is 25.5 Å². The van der Waals surface area contributed by atoms with Crippen molar-refractivity contribution < 1.29 is 9.53 Å². The SMILES string of the molecule is C=C=CC(Cl)N(C(=O)OC(C)C)c1cccc(Cl)c1. The van der Waals surface area contributed by atoms with E-state index in [0.717, 1.165) is 0 Å². The molecule has 1 amide bonds. The summed E-state index contributed by atoms with van der Waals surface area (Å²) >= 11 is 12.1. The van der Waals surface area contributed by atoms with Crippen LogP contribution in [0.1, 0.15) is 13.8 Å². The van der Waals surface area contributed by atoms with Gasteiger partial charge in [0, 0.05) is 5.02 Å². The van der Waals surface area contributed by atoms with Crippen LogP contribution in [0.5, 0.6) is 0 Å². The highest BCUT2D eigenvalue weighted by molar-refractivity contribution is 6.31. The molecule has 0 spiro atoms. The third-order valence-corrected chi connectivity index (χ3v) is 2.68. The number of nitrogens with zero attached hydrogens (tertiary/aromatic N) is 1. The van der Waals surface area contributed by atoms with Crippen molar-refractivity contribution in [3.63, 3.8) is 0 Å². The van der Waals surface area contributed by atoms with Crippen LogP contribution >= 0.6 is 23.2 Å². The van der Waals surface area contributed by atoms with E-state index in [0.29, 0.717) is 10.7 Å². The monoisotopic (exact) mass is 299 g/mol. The zero-order valence-corrected chi connectivity index (χ0v) is 12.3. The Morgan fingerprint density at radius 2 is 2.21 bits per heavy atom. The summed E-state index contributed by atoms with van der Waals surface area (Å²) in [7, 11) is 0. The van der Waals surface area contributed by atoms with Gasteiger partial charge in [0.25, 0.3) is 0 Å². The van der Waals surface area contributed by atoms with E-state index in [-0.39, 0.29) is 6.10 Å². The number of rotatable bonds is 4. The minimum absolute atomic E-state index is 0.245. The molecular weight excluding hydrogens is 285 g/mol. The topological polar surface area (TPSA) is 29.5 Å². The first-order chi connectivity index (χ1) is 8.95. The van der Waals surface area contributed by atoms with Gasteiger partial charge in [-0.15, -0.1) is 5.73 Å². The van der Waals surface area contributed by atoms with Gasteiger partial charge in [-0.3, -0.25) is 4.90 Å². The standard InChI is InChI=1S/C14H15Cl2NO2/c1-4-6-13(16)17(14(18)19-10(2)3)12-8-5-7-11(15)9-12/h5-10,13H,1H2,2-3H3. The van der Waals surface area contributed by atoms with Gasteiger partial charge in [-0.05, 0) is 38.1 Å². The summed E-state index contributed by atoms with van der Waals surface area (Å²) < 4.78 is 5.17. The summed E-state index contributed by atoms with van der Waals surface area (Å²) in [5.41, 5.74) is 2.35. The number of carbonyl (C=O) groups is 1. The van der Waals surface area contributed by atoms with Crippen molar-refractivity contribution in [1.29, 1.82) is 0 Å². The minimum Gasteiger partial charge on any atom is -0.446 e. The summed E-state index contributed by atoms with van der Waals surface area (Å²) in [6, 6.07) is 6.80. The Labute approximate surface area is 123 Å². The fourth-order valence-electron chi connectivity index (χ4n) is 1.40. The summed E-state index contributed by atoms with van der Waals surface area (Å²) in [4.78, 5) is 13.4. The van der Waals surface area contributed by atoms with Crippen LogP contribution < -0.4 is 4.90 Å². The number of ether oxygens (including phenoxy) is 1. The van der Waals surface area contributed by atoms with Crippen LogP contribution in [-0.2, 0) is 4.74 Å². The minimum atomic E-state index is -0.748. The fraction of sp³-hybridized carbons (Fsp3) is 0.286. The molecule has 0 saturated heterocycles. The van der Waals surface area contributed by atoms with Gasteiger partial charge in [0.1, 0.15) is 5.50 Å². The van der Waals surface area contributed by atoms with E-state index >= 15 is 0 Å². The van der Waals surface area contributed by atoms with Gasteiger partial charge in [-0.1, -0.05) is 35.8 Å². The number of amides is 1. The number of carbonyl (C=O) groups excluding carboxylic acids is 1. The molecule has 1 aromatic carbocycles. The number of anilines is 1. The zero-order valence-electron chi connectivity index (χ0n) is 10.8. The third-order valence-electron chi connectivity index (χ3n) is 2.12. The lowest BCUT2D eigenvalue weighted by Gasteiger charge is -2.25. The molecule has 102 valence electrons. The molecule has 0 aliphatic carbocycles. The fourth-order valence-corrected chi connectivity index (χ4v) is 1.87. The van der Waals surface area contributed by atoms with E-state index in [9.17, 15) is 4.79 Å². The van der Waals surface area contributed by atoms with Crippen LogP contribution in [0.15, 0.2) is 42.7 Å². The van der Waals surface area contributed by atoms with E-state index in [1.165, 1.54) is 11.0 Å². The highest BCUT2D eigenvalue weighted by Crippen LogP contribution is 2.24. The second-order valence-electron chi connectivity index (χ2n) is 4.03. The van der Waals surface area contributed by atoms with E-state index < -0.39 is 11.6 Å². The van der Waals surface area contributed by atoms with Crippen LogP contribution in [0.4, 0.5) is 10.5 Å². The molecule has 0 N–H and O–H groups in total. The van der Waals surface area contributed by atoms with Gasteiger partial charge in [-0.25, -0.2) is 4.79 Å². The van der Waals surface area contributed by atoms with Crippen molar-refractivity contribution >= 4 is 35.0 Å². The van der Waals surface area contributed by atoms with Crippen LogP contribution in [0.2, 0.25) is 5.02 Å². The van der Waals surface area contributed by atoms with Gasteiger partial charge in [-0.2, -0.15) is 0 Å². The lowest BCUT2D eigenvalue weighted by Crippen LogP contribution is -2.38. The van der Waals surface area contributed by atoms with Gasteiger partial charge in [0.15, 0.2) is 0 Å². The predicted octanol–water partition coefficient (Wildman–Crippen LogP) is 4.60. The number of hydrogen-bond acceptors (Lipinski definition) is 2. The predicted molar refractivity (Wildman–Crippen MR) is 78.9 cm³/mol. The molecule has 0 saturated carbocycles. The summed E-state index contributed by atoms with van der Waals surface area (Å²) in [6.45, 7) is 6.97. The summed E-state index contributed by atoms with van der Waals surface area (Å²) in [5.74, 6) is 0. The lowest BCUT2D eigenvalue weighted by atomic mass is 10.3. The average Bonchev–Trinajstić information content (AvgIpc) is 2.28. The molecule has 1 unspecified atom stereocenters. The number of hydrogen-bond donors (Lipinski definition) is 0. The van der Waals surface area contributed by atoms with Crippen LogP contribution in [0.25, 0.3) is 0 Å². The van der Waals surface area contributed by atoms with Crippen LogP contribution in [0.3, 0.4) is 0 Å². The molecule has 0 aliphatic rings. The van der Waals surface area contributed by atoms with Crippen molar-refractivity contribution in [2.75, 3.05) is 4.90 Å². The molecular formula is C14H15Cl2NO2. The summed E-state index contributed by atoms with van der Waals surface area (Å²) in [5, 5.41) is 0.506. The maximum Gasteiger partial charge on any atom is 0.416 e. The number of halogens is 2. The molecule has 5 heteroatoms. The van der Waals surface area contributed by atoms with Gasteiger partial charge in [0.05, 0.1) is 11.8 Å². The summed E-state index contributed by atoms with van der Waals surface area (Å²) in [6.07, 6.45) is 0.666. The molecule has 0 aliphatic heterocycles. The number of benzene rings is 1. The molecule has 1 aromatic rings. The Balaban J connectivity index is 3.11. The maximum atomic E-state index is 12.1. The number of alkyl halides is 1. The average molecular weight is 300 g/mol. The first-order valence-corrected chi connectivity index (χ1v) is 6.52. The van der Waals surface area contributed by atoms with Crippen LogP contribution in [0, 0.1) is 0 Å². The van der Waals surface area contributed by atoms with Crippen molar-refractivity contribution in [2.24, 2.45) is 0 Å². The van der Waals surface area contributed by atoms with Crippen LogP contribution in [-0.4, -0.2) is 17.7 Å². The largest absolute Gasteiger partial charge is 0.446 e. The van der Waals surface area contributed by atoms with E-state index in [1.54, 1.807) is 38.1 Å². The molecule has 0 fully saturated rings. The molecule has 1 atom stereocenters. The molecule has 1 rings (SSSR count). The Hall–Kier alpha value is -1.41. The third kappa shape index (κ3) is 4.64. The molecule has 19 heavy (non-hydrogen) atoms. The Bertz CT molecular complexity index is 496. The second kappa shape index (κ2) is 7.25. The lowest BCUT2D eigenvalue weighted by molar-refractivity contribution is 0.122. The van der Waals surface area contributed by atoms with Crippen molar-refractivity contribution in [3.05, 3.63) is 47.7 Å². The van der Waals surface area contributed by atoms with E-state index in [2.05, 4.69) is 12.3 Å². The Morgan fingerprint density at radius 1 is 1.53 bits per heavy atom. The molecule has 0 radical (unpaired) electrons. The van der Waals surface area contributed by atoms with Crippen molar-refractivity contribution in [1.82, 2.24) is 0 Å². The van der Waals surface area contributed by atoms with Crippen molar-refractivity contribution in [3.8, 4) is 0 Å². The highest BCUT2D eigenvalue weighted by atomic mass is 35.5. The Kier molecular flexibility index (Phi) is 5.97. The Morgan fingerprint density at radius 3 is 2.74 bits per heavy atom. The quantitative estimate of drug-likeness (QED) is 0.462. The molecule has 0 aromatic heterocycles. The van der Waals surface area contributed by atoms with E-state index in [4.69, 9.17) is 27.9 Å². The normalized spacial score (nSPS) is 11.6. The van der Waals surface area contributed by atoms with Gasteiger partial charge in [0.2, 0.25) is 0 Å². The first kappa shape index (κ1) is 15.6. The second-order valence-corrected chi connectivity index (χ2v) is 4.91. The molecule has 0 heterocycles. The highest BCUT2D eigenvalue weighted by Gasteiger charge is 2.24.